The third kappa shape index (κ3) is 3.65. The average Bonchev–Trinajstić information content (AvgIpc) is 3.85. The van der Waals surface area contributed by atoms with Gasteiger partial charge in [-0.25, -0.2) is 0 Å². The minimum atomic E-state index is -0.766. The van der Waals surface area contributed by atoms with Gasteiger partial charge in [0, 0.05) is 27.8 Å². The van der Waals surface area contributed by atoms with Gasteiger partial charge in [0.25, 0.3) is 0 Å². The molecule has 0 N–H and O–H groups in total. The monoisotopic (exact) mass is 601 g/mol. The number of hydrogen-bond donors (Lipinski definition) is 0. The van der Waals surface area contributed by atoms with Crippen LogP contribution in [0.3, 0.4) is 0 Å². The number of benzene rings is 8. The Morgan fingerprint density at radius 2 is 1.07 bits per heavy atom. The number of furan rings is 2. The predicted octanol–water partition coefficient (Wildman–Crippen LogP) is 12.8. The molecule has 0 fully saturated rings. The zero-order valence-electron chi connectivity index (χ0n) is 38.7. The van der Waals surface area contributed by atoms with Crippen LogP contribution in [0.1, 0.15) is 20.6 Å². The summed E-state index contributed by atoms with van der Waals surface area (Å²) in [6.07, 6.45) is 1.68. The van der Waals surface area contributed by atoms with E-state index in [0.717, 1.165) is 21.9 Å². The lowest BCUT2D eigenvalue weighted by atomic mass is 9.84. The van der Waals surface area contributed by atoms with E-state index in [1.54, 1.807) is 30.5 Å². The van der Waals surface area contributed by atoms with Crippen molar-refractivity contribution < 1.29 is 29.4 Å². The van der Waals surface area contributed by atoms with Crippen LogP contribution in [0, 0.1) is 0 Å². The van der Waals surface area contributed by atoms with E-state index in [1.165, 1.54) is 0 Å². The van der Waals surface area contributed by atoms with Gasteiger partial charge in [-0.2, -0.15) is 0 Å². The molecule has 46 heavy (non-hydrogen) atoms. The highest BCUT2D eigenvalue weighted by Gasteiger charge is 2.19. The van der Waals surface area contributed by atoms with Crippen LogP contribution in [0.2, 0.25) is 0 Å². The van der Waals surface area contributed by atoms with Crippen molar-refractivity contribution in [1.82, 2.24) is 0 Å². The van der Waals surface area contributed by atoms with Crippen LogP contribution in [0.15, 0.2) is 166 Å². The summed E-state index contributed by atoms with van der Waals surface area (Å²) in [4.78, 5) is 0. The molecule has 214 valence electrons. The van der Waals surface area contributed by atoms with Crippen molar-refractivity contribution in [2.75, 3.05) is 0 Å². The Balaban J connectivity index is 1.40. The maximum Gasteiger partial charge on any atom is 0.139 e. The van der Waals surface area contributed by atoms with Crippen molar-refractivity contribution in [3.63, 3.8) is 0 Å². The molecule has 0 bridgehead atoms. The van der Waals surface area contributed by atoms with Crippen LogP contribution in [0.25, 0.3) is 98.6 Å². The Kier molecular flexibility index (Phi) is 3.11. The van der Waals surface area contributed by atoms with Gasteiger partial charge in [-0.3, -0.25) is 0 Å². The highest BCUT2D eigenvalue weighted by Crippen LogP contribution is 2.46. The summed E-state index contributed by atoms with van der Waals surface area (Å²) in [6, 6.07) is 8.08. The summed E-state index contributed by atoms with van der Waals surface area (Å²) in [7, 11) is 0. The van der Waals surface area contributed by atoms with Gasteiger partial charge < -0.3 is 8.83 Å². The van der Waals surface area contributed by atoms with Crippen LogP contribution >= 0.6 is 0 Å². The van der Waals surface area contributed by atoms with E-state index in [9.17, 15) is 6.85 Å². The summed E-state index contributed by atoms with van der Waals surface area (Å²) in [5.41, 5.74) is 2.62. The second-order valence-corrected chi connectivity index (χ2v) is 10.9. The normalized spacial score (nSPS) is 16.5. The SMILES string of the molecule is [2H]c1c([2H])c([2H])c2c(-c3c4c([2H])c([2H])c([2H])c([2H])c4c(-c4ccc5c(c4)oc4cc6occ(-c7ccccc7)c6cc45)c4c([2H])c([2H])c([2H])c([2H])c34)c([2H])c([2H])c([2H])c2c1[2H]. The van der Waals surface area contributed by atoms with E-state index in [1.807, 2.05) is 36.4 Å². The smallest absolute Gasteiger partial charge is 0.139 e. The Labute approximate surface area is 285 Å². The second kappa shape index (κ2) is 9.69. The fraction of sp³-hybridized carbons (Fsp3) is 0. The zero-order chi connectivity index (χ0) is 43.2. The van der Waals surface area contributed by atoms with Gasteiger partial charge in [0.15, 0.2) is 0 Å². The average molecular weight is 602 g/mol. The van der Waals surface area contributed by atoms with Gasteiger partial charge in [-0.15, -0.1) is 0 Å². The molecule has 10 aromatic rings. The molecule has 0 atom stereocenters. The molecule has 2 aromatic heterocycles. The van der Waals surface area contributed by atoms with Crippen molar-refractivity contribution in [2.45, 2.75) is 0 Å². The lowest BCUT2D eigenvalue weighted by Gasteiger charge is -2.18. The first-order valence-electron chi connectivity index (χ1n) is 21.9. The van der Waals surface area contributed by atoms with Crippen molar-refractivity contribution in [2.24, 2.45) is 0 Å². The van der Waals surface area contributed by atoms with Gasteiger partial charge in [-0.1, -0.05) is 127 Å². The molecule has 2 heteroatoms. The predicted molar refractivity (Wildman–Crippen MR) is 192 cm³/mol. The molecule has 2 nitrogen and oxygen atoms in total. The molecule has 0 aliphatic heterocycles. The first kappa shape index (κ1) is 14.8. The van der Waals surface area contributed by atoms with Crippen LogP contribution < -0.4 is 0 Å². The molecule has 2 heterocycles. The Morgan fingerprint density at radius 3 is 1.83 bits per heavy atom. The fourth-order valence-electron chi connectivity index (χ4n) is 6.46. The van der Waals surface area contributed by atoms with Gasteiger partial charge in [0.1, 0.15) is 16.7 Å². The molecule has 0 amide bonds. The molecule has 0 saturated heterocycles. The van der Waals surface area contributed by atoms with Crippen LogP contribution in [0.5, 0.6) is 0 Å². The summed E-state index contributed by atoms with van der Waals surface area (Å²) in [6.45, 7) is 0. The van der Waals surface area contributed by atoms with Crippen LogP contribution in [0.4, 0.5) is 0 Å². The number of rotatable bonds is 3. The Morgan fingerprint density at radius 1 is 0.413 bits per heavy atom. The molecule has 0 radical (unpaired) electrons. The van der Waals surface area contributed by atoms with Gasteiger partial charge >= 0.3 is 0 Å². The summed E-state index contributed by atoms with van der Waals surface area (Å²) < 4.78 is 146. The molecule has 0 unspecified atom stereocenters. The molecular weight excluding hydrogens is 560 g/mol. The topological polar surface area (TPSA) is 26.3 Å². The first-order chi connectivity index (χ1) is 29.0. The van der Waals surface area contributed by atoms with Crippen LogP contribution in [-0.4, -0.2) is 0 Å². The van der Waals surface area contributed by atoms with Crippen molar-refractivity contribution >= 4 is 65.2 Å². The molecule has 0 aliphatic carbocycles. The molecule has 0 spiro atoms. The van der Waals surface area contributed by atoms with Crippen molar-refractivity contribution in [3.8, 4) is 33.4 Å². The number of hydrogen-bond acceptors (Lipinski definition) is 2. The van der Waals surface area contributed by atoms with Crippen molar-refractivity contribution in [1.29, 1.82) is 0 Å². The third-order valence-corrected chi connectivity index (χ3v) is 8.48. The minimum Gasteiger partial charge on any atom is -0.464 e. The quantitative estimate of drug-likeness (QED) is 0.188. The maximum absolute atomic E-state index is 9.36. The summed E-state index contributed by atoms with van der Waals surface area (Å²) in [5.74, 6) is 0. The van der Waals surface area contributed by atoms with Crippen LogP contribution in [-0.2, 0) is 0 Å². The van der Waals surface area contributed by atoms with E-state index in [4.69, 9.17) is 22.5 Å². The molecular formula is C44H26O2. The lowest BCUT2D eigenvalue weighted by molar-refractivity contribution is 0.614. The summed E-state index contributed by atoms with van der Waals surface area (Å²) >= 11 is 0. The Hall–Kier alpha value is -6.12. The zero-order valence-corrected chi connectivity index (χ0v) is 23.7. The van der Waals surface area contributed by atoms with E-state index in [2.05, 4.69) is 0 Å². The first-order valence-corrected chi connectivity index (χ1v) is 14.4. The van der Waals surface area contributed by atoms with Gasteiger partial charge in [0.2, 0.25) is 0 Å². The summed E-state index contributed by atoms with van der Waals surface area (Å²) in [5, 5.41) is 0.322. The maximum atomic E-state index is 9.36. The highest BCUT2D eigenvalue weighted by molar-refractivity contribution is 6.24. The third-order valence-electron chi connectivity index (χ3n) is 8.48. The number of fused-ring (bicyclic) bond motifs is 7. The highest BCUT2D eigenvalue weighted by atomic mass is 16.3. The largest absolute Gasteiger partial charge is 0.464 e. The lowest BCUT2D eigenvalue weighted by Crippen LogP contribution is -1.91. The van der Waals surface area contributed by atoms with E-state index in [0.29, 0.717) is 22.1 Å². The fourth-order valence-corrected chi connectivity index (χ4v) is 6.46. The molecule has 0 saturated carbocycles. The van der Waals surface area contributed by atoms with E-state index in [-0.39, 0.29) is 38.2 Å². The van der Waals surface area contributed by atoms with Gasteiger partial charge in [-0.05, 0) is 78.3 Å². The standard InChI is InChI=1S/C44H26O2/c1-2-11-28(12-3-1)39-26-45-40-25-42-37(24-38(39)40)31-22-21-29(23-41(31)46-42)43-33-16-6-8-18-35(33)44(36-19-9-7-17-34(36)43)32-20-10-14-27-13-4-5-15-30(27)32/h1-26H/i4D,5D,6D,7D,8D,9D,10D,13D,14D,15D,16D,17D,18D,19D,20D. The van der Waals surface area contributed by atoms with E-state index < -0.39 is 107 Å². The Bertz CT molecular complexity index is 3560. The minimum absolute atomic E-state index is 0.0174. The van der Waals surface area contributed by atoms with Crippen molar-refractivity contribution in [3.05, 3.63) is 158 Å². The molecule has 8 aromatic carbocycles. The van der Waals surface area contributed by atoms with E-state index >= 15 is 0 Å². The van der Waals surface area contributed by atoms with Gasteiger partial charge in [0.05, 0.1) is 26.8 Å². The second-order valence-electron chi connectivity index (χ2n) is 10.9. The molecule has 0 aliphatic rings. The molecule has 10 rings (SSSR count).